The minimum absolute atomic E-state index is 0.665. The molecule has 2 aliphatic rings. The summed E-state index contributed by atoms with van der Waals surface area (Å²) < 4.78 is 6.30. The van der Waals surface area contributed by atoms with Gasteiger partial charge in [-0.2, -0.15) is 0 Å². The van der Waals surface area contributed by atoms with Crippen LogP contribution >= 0.6 is 15.9 Å². The van der Waals surface area contributed by atoms with Gasteiger partial charge in [0.25, 0.3) is 0 Å². The number of halogens is 1. The average molecular weight is 311 g/mol. The zero-order valence-corrected chi connectivity index (χ0v) is 12.2. The molecule has 1 atom stereocenters. The normalized spacial score (nSPS) is 23.4. The zero-order valence-electron chi connectivity index (χ0n) is 10.7. The summed E-state index contributed by atoms with van der Waals surface area (Å²) in [7, 11) is 1.70. The van der Waals surface area contributed by atoms with Crippen LogP contribution in [-0.2, 0) is 0 Å². The quantitative estimate of drug-likeness (QED) is 0.925. The molecule has 1 aliphatic heterocycles. The number of rotatable bonds is 4. The van der Waals surface area contributed by atoms with Crippen molar-refractivity contribution < 1.29 is 4.74 Å². The molecule has 2 fully saturated rings. The van der Waals surface area contributed by atoms with Crippen LogP contribution in [0.2, 0.25) is 0 Å². The molecule has 1 unspecified atom stereocenters. The molecule has 3 nitrogen and oxygen atoms in total. The number of hydrogen-bond acceptors (Lipinski definition) is 3. The number of methoxy groups -OCH3 is 1. The molecular weight excluding hydrogens is 292 g/mol. The number of benzene rings is 1. The van der Waals surface area contributed by atoms with E-state index >= 15 is 0 Å². The fourth-order valence-corrected chi connectivity index (χ4v) is 3.09. The molecule has 1 saturated carbocycles. The number of nitrogens with one attached hydrogen (secondary N) is 1. The minimum atomic E-state index is 0.665. The van der Waals surface area contributed by atoms with Gasteiger partial charge in [0.1, 0.15) is 5.75 Å². The van der Waals surface area contributed by atoms with E-state index in [-0.39, 0.29) is 0 Å². The van der Waals surface area contributed by atoms with Gasteiger partial charge in [0, 0.05) is 30.9 Å². The van der Waals surface area contributed by atoms with Crippen LogP contribution in [0, 0.1) is 0 Å². The second-order valence-electron chi connectivity index (χ2n) is 5.19. The van der Waals surface area contributed by atoms with Crippen LogP contribution in [0.4, 0.5) is 5.69 Å². The van der Waals surface area contributed by atoms with Crippen molar-refractivity contribution in [2.75, 3.05) is 25.1 Å². The summed E-state index contributed by atoms with van der Waals surface area (Å²) in [5.74, 6) is 0.894. The van der Waals surface area contributed by atoms with E-state index < -0.39 is 0 Å². The summed E-state index contributed by atoms with van der Waals surface area (Å²) in [4.78, 5) is 2.45. The van der Waals surface area contributed by atoms with E-state index in [1.54, 1.807) is 7.11 Å². The van der Waals surface area contributed by atoms with Gasteiger partial charge in [-0.1, -0.05) is 0 Å². The Morgan fingerprint density at radius 2 is 2.11 bits per heavy atom. The number of hydrogen-bond donors (Lipinski definition) is 1. The van der Waals surface area contributed by atoms with Crippen LogP contribution < -0.4 is 15.0 Å². The van der Waals surface area contributed by atoms with Crippen LogP contribution in [0.3, 0.4) is 0 Å². The molecule has 3 rings (SSSR count). The minimum Gasteiger partial charge on any atom is -0.496 e. The Hall–Kier alpha value is -0.740. The van der Waals surface area contributed by atoms with Crippen LogP contribution in [0.5, 0.6) is 5.75 Å². The van der Waals surface area contributed by atoms with Crippen molar-refractivity contribution >= 4 is 21.6 Å². The highest BCUT2D eigenvalue weighted by Crippen LogP contribution is 2.31. The third-order valence-corrected chi connectivity index (χ3v) is 4.36. The fourth-order valence-electron chi connectivity index (χ4n) is 2.57. The average Bonchev–Trinajstić information content (AvgIpc) is 3.05. The Labute approximate surface area is 117 Å². The largest absolute Gasteiger partial charge is 0.496 e. The fraction of sp³-hybridized carbons (Fsp3) is 0.571. The first kappa shape index (κ1) is 12.3. The van der Waals surface area contributed by atoms with Gasteiger partial charge >= 0.3 is 0 Å². The Kier molecular flexibility index (Phi) is 3.48. The summed E-state index contributed by atoms with van der Waals surface area (Å²) in [6.45, 7) is 2.26. The third-order valence-electron chi connectivity index (χ3n) is 3.74. The van der Waals surface area contributed by atoms with E-state index in [1.807, 2.05) is 6.07 Å². The molecular formula is C14H19BrN2O. The molecule has 1 heterocycles. The van der Waals surface area contributed by atoms with Gasteiger partial charge < -0.3 is 15.0 Å². The predicted molar refractivity (Wildman–Crippen MR) is 77.5 cm³/mol. The van der Waals surface area contributed by atoms with E-state index in [9.17, 15) is 0 Å². The predicted octanol–water partition coefficient (Wildman–Crippen LogP) is 2.79. The summed E-state index contributed by atoms with van der Waals surface area (Å²) >= 11 is 3.55. The van der Waals surface area contributed by atoms with E-state index in [0.717, 1.165) is 29.4 Å². The Bertz CT molecular complexity index is 434. The van der Waals surface area contributed by atoms with Gasteiger partial charge in [0.2, 0.25) is 0 Å². The maximum Gasteiger partial charge on any atom is 0.133 e. The summed E-state index contributed by atoms with van der Waals surface area (Å²) in [6, 6.07) is 7.79. The molecule has 0 bridgehead atoms. The Morgan fingerprint density at radius 1 is 1.28 bits per heavy atom. The maximum absolute atomic E-state index is 5.27. The smallest absolute Gasteiger partial charge is 0.133 e. The van der Waals surface area contributed by atoms with Gasteiger partial charge in [-0.15, -0.1) is 0 Å². The summed E-state index contributed by atoms with van der Waals surface area (Å²) in [6.07, 6.45) is 3.98. The first-order valence-electron chi connectivity index (χ1n) is 6.61. The molecule has 1 aliphatic carbocycles. The molecule has 1 N–H and O–H groups in total. The number of nitrogens with zero attached hydrogens (tertiary/aromatic N) is 1. The summed E-state index contributed by atoms with van der Waals surface area (Å²) in [5.41, 5.74) is 1.28. The lowest BCUT2D eigenvalue weighted by molar-refractivity contribution is 0.412. The molecule has 0 amide bonds. The van der Waals surface area contributed by atoms with Gasteiger partial charge in [-0.05, 0) is 53.4 Å². The highest BCUT2D eigenvalue weighted by Gasteiger charge is 2.29. The highest BCUT2D eigenvalue weighted by molar-refractivity contribution is 9.10. The summed E-state index contributed by atoms with van der Waals surface area (Å²) in [5, 5.41) is 3.71. The van der Waals surface area contributed by atoms with Gasteiger partial charge in [0.15, 0.2) is 0 Å². The monoisotopic (exact) mass is 310 g/mol. The number of anilines is 1. The molecule has 1 saturated heterocycles. The van der Waals surface area contributed by atoms with Crippen LogP contribution in [0.25, 0.3) is 0 Å². The first-order valence-corrected chi connectivity index (χ1v) is 7.40. The zero-order chi connectivity index (χ0) is 12.5. The van der Waals surface area contributed by atoms with E-state index in [2.05, 4.69) is 38.3 Å². The van der Waals surface area contributed by atoms with Crippen LogP contribution in [0.15, 0.2) is 22.7 Å². The second kappa shape index (κ2) is 5.10. The Morgan fingerprint density at radius 3 is 2.78 bits per heavy atom. The molecule has 0 radical (unpaired) electrons. The van der Waals surface area contributed by atoms with Crippen molar-refractivity contribution in [3.8, 4) is 5.75 Å². The molecule has 1 aromatic rings. The van der Waals surface area contributed by atoms with E-state index in [1.165, 1.54) is 24.9 Å². The molecule has 98 valence electrons. The molecule has 18 heavy (non-hydrogen) atoms. The van der Waals surface area contributed by atoms with Gasteiger partial charge in [-0.25, -0.2) is 0 Å². The lowest BCUT2D eigenvalue weighted by Gasteiger charge is -2.20. The first-order chi connectivity index (χ1) is 8.76. The molecule has 0 aromatic heterocycles. The van der Waals surface area contributed by atoms with E-state index in [0.29, 0.717) is 6.04 Å². The van der Waals surface area contributed by atoms with Crippen molar-refractivity contribution in [1.82, 2.24) is 5.32 Å². The van der Waals surface area contributed by atoms with Crippen molar-refractivity contribution in [3.05, 3.63) is 22.7 Å². The Balaban J connectivity index is 1.65. The van der Waals surface area contributed by atoms with E-state index in [4.69, 9.17) is 4.74 Å². The van der Waals surface area contributed by atoms with Crippen LogP contribution in [-0.4, -0.2) is 32.3 Å². The number of ether oxygens (including phenoxy) is 1. The molecule has 0 spiro atoms. The lowest BCUT2D eigenvalue weighted by atomic mass is 10.2. The maximum atomic E-state index is 5.27. The topological polar surface area (TPSA) is 24.5 Å². The molecule has 4 heteroatoms. The molecule has 1 aromatic carbocycles. The van der Waals surface area contributed by atoms with Crippen molar-refractivity contribution in [1.29, 1.82) is 0 Å². The van der Waals surface area contributed by atoms with Gasteiger partial charge in [0.05, 0.1) is 11.6 Å². The van der Waals surface area contributed by atoms with Crippen molar-refractivity contribution in [2.45, 2.75) is 31.3 Å². The van der Waals surface area contributed by atoms with Crippen molar-refractivity contribution in [2.24, 2.45) is 0 Å². The lowest BCUT2D eigenvalue weighted by Crippen LogP contribution is -2.33. The van der Waals surface area contributed by atoms with Crippen molar-refractivity contribution in [3.63, 3.8) is 0 Å². The second-order valence-corrected chi connectivity index (χ2v) is 6.05. The highest BCUT2D eigenvalue weighted by atomic mass is 79.9. The third kappa shape index (κ3) is 2.64. The van der Waals surface area contributed by atoms with Gasteiger partial charge in [-0.3, -0.25) is 0 Å². The SMILES string of the molecule is COc1ccc(N2CCC(NC3CC3)C2)cc1Br. The van der Waals surface area contributed by atoms with Crippen LogP contribution in [0.1, 0.15) is 19.3 Å². The standard InChI is InChI=1S/C14H19BrN2O/c1-18-14-5-4-12(8-13(14)15)17-7-6-11(9-17)16-10-2-3-10/h4-5,8,10-11,16H,2-3,6-7,9H2,1H3.